The van der Waals surface area contributed by atoms with Gasteiger partial charge in [-0.1, -0.05) is 65.1 Å². The van der Waals surface area contributed by atoms with Crippen molar-refractivity contribution in [3.8, 4) is 10.4 Å². The number of halogens is 3. The number of methoxy groups -OCH3 is 1. The number of carbonyl (C=O) groups is 2. The van der Waals surface area contributed by atoms with E-state index in [1.54, 1.807) is 6.07 Å². The molecule has 1 aromatic carbocycles. The highest BCUT2D eigenvalue weighted by atomic mass is 35.6. The Hall–Kier alpha value is -1.27. The second kappa shape index (κ2) is 6.87. The van der Waals surface area contributed by atoms with E-state index < -0.39 is 15.7 Å². The Labute approximate surface area is 145 Å². The lowest BCUT2D eigenvalue weighted by Crippen LogP contribution is -2.27. The molecule has 0 saturated heterocycles. The largest absolute Gasteiger partial charge is 0.465 e. The lowest BCUT2D eigenvalue weighted by Gasteiger charge is -2.11. The summed E-state index contributed by atoms with van der Waals surface area (Å²) in [5, 5.41) is 2.43. The number of alkyl halides is 3. The molecule has 0 aliphatic rings. The number of esters is 1. The Bertz CT molecular complexity index is 695. The number of anilines is 1. The predicted molar refractivity (Wildman–Crippen MR) is 90.0 cm³/mol. The average molecular weight is 379 g/mol. The minimum atomic E-state index is -2.12. The van der Waals surface area contributed by atoms with Crippen LogP contribution in [-0.4, -0.2) is 22.8 Å². The van der Waals surface area contributed by atoms with Crippen LogP contribution in [0.3, 0.4) is 0 Å². The van der Waals surface area contributed by atoms with Crippen molar-refractivity contribution in [1.82, 2.24) is 0 Å². The minimum Gasteiger partial charge on any atom is -0.465 e. The molecule has 8 heteroatoms. The van der Waals surface area contributed by atoms with Crippen LogP contribution >= 0.6 is 46.1 Å². The van der Waals surface area contributed by atoms with Crippen molar-refractivity contribution >= 4 is 63.7 Å². The smallest absolute Gasteiger partial charge is 0.350 e. The summed E-state index contributed by atoms with van der Waals surface area (Å²) in [6.07, 6.45) is 0. The molecule has 0 spiro atoms. The van der Waals surface area contributed by atoms with Crippen LogP contribution in [0.15, 0.2) is 36.4 Å². The summed E-state index contributed by atoms with van der Waals surface area (Å²) in [5.41, 5.74) is 1.14. The van der Waals surface area contributed by atoms with Crippen molar-refractivity contribution in [3.63, 3.8) is 0 Å². The number of carbonyl (C=O) groups excluding carboxylic acids is 2. The molecule has 0 aliphatic carbocycles. The molecule has 2 aromatic rings. The van der Waals surface area contributed by atoms with E-state index in [0.717, 1.165) is 10.4 Å². The van der Waals surface area contributed by atoms with Gasteiger partial charge in [0, 0.05) is 4.88 Å². The Morgan fingerprint density at radius 3 is 2.36 bits per heavy atom. The molecule has 0 radical (unpaired) electrons. The Kier molecular flexibility index (Phi) is 5.34. The van der Waals surface area contributed by atoms with Crippen LogP contribution in [0.5, 0.6) is 0 Å². The highest BCUT2D eigenvalue weighted by Crippen LogP contribution is 2.36. The van der Waals surface area contributed by atoms with Crippen molar-refractivity contribution < 1.29 is 14.3 Å². The van der Waals surface area contributed by atoms with E-state index in [9.17, 15) is 9.59 Å². The molecule has 0 atom stereocenters. The van der Waals surface area contributed by atoms with Crippen LogP contribution in [0.2, 0.25) is 0 Å². The van der Waals surface area contributed by atoms with Crippen molar-refractivity contribution in [3.05, 3.63) is 41.3 Å². The van der Waals surface area contributed by atoms with Gasteiger partial charge >= 0.3 is 5.97 Å². The summed E-state index contributed by atoms with van der Waals surface area (Å²) in [6, 6.07) is 11.0. The van der Waals surface area contributed by atoms with E-state index in [4.69, 9.17) is 39.5 Å². The van der Waals surface area contributed by atoms with Crippen LogP contribution in [0.4, 0.5) is 5.69 Å². The summed E-state index contributed by atoms with van der Waals surface area (Å²) in [5.74, 6) is -1.42. The zero-order valence-electron chi connectivity index (χ0n) is 11.2. The van der Waals surface area contributed by atoms with Gasteiger partial charge in [-0.05, 0) is 11.6 Å². The molecule has 0 aliphatic heterocycles. The van der Waals surface area contributed by atoms with Gasteiger partial charge in [-0.2, -0.15) is 0 Å². The second-order valence-corrected chi connectivity index (χ2v) is 7.50. The zero-order chi connectivity index (χ0) is 16.3. The fourth-order valence-corrected chi connectivity index (χ4v) is 2.85. The molecular formula is C14H10Cl3NO3S. The summed E-state index contributed by atoms with van der Waals surface area (Å²) in [4.78, 5) is 24.6. The highest BCUT2D eigenvalue weighted by Gasteiger charge is 2.32. The third kappa shape index (κ3) is 3.93. The van der Waals surface area contributed by atoms with Crippen LogP contribution in [0.1, 0.15) is 9.67 Å². The van der Waals surface area contributed by atoms with Gasteiger partial charge in [0.1, 0.15) is 4.88 Å². The Morgan fingerprint density at radius 2 is 1.82 bits per heavy atom. The SMILES string of the molecule is COC(=O)c1sc(-c2ccccc2)cc1NC(=O)C(Cl)(Cl)Cl. The maximum absolute atomic E-state index is 11.8. The number of hydrogen-bond donors (Lipinski definition) is 1. The molecule has 0 fully saturated rings. The number of hydrogen-bond acceptors (Lipinski definition) is 4. The predicted octanol–water partition coefficient (Wildman–Crippen LogP) is 4.51. The number of nitrogens with one attached hydrogen (secondary N) is 1. The Balaban J connectivity index is 2.41. The van der Waals surface area contributed by atoms with Gasteiger partial charge in [-0.25, -0.2) is 4.79 Å². The van der Waals surface area contributed by atoms with Gasteiger partial charge in [0.25, 0.3) is 9.70 Å². The molecule has 4 nitrogen and oxygen atoms in total. The average Bonchev–Trinajstić information content (AvgIpc) is 2.90. The topological polar surface area (TPSA) is 55.4 Å². The summed E-state index contributed by atoms with van der Waals surface area (Å²) >= 11 is 17.8. The van der Waals surface area contributed by atoms with E-state index in [-0.39, 0.29) is 10.6 Å². The van der Waals surface area contributed by atoms with Gasteiger partial charge in [0.2, 0.25) is 0 Å². The van der Waals surface area contributed by atoms with Gasteiger partial charge in [0.05, 0.1) is 12.8 Å². The van der Waals surface area contributed by atoms with Crippen LogP contribution in [-0.2, 0) is 9.53 Å². The monoisotopic (exact) mass is 377 g/mol. The molecule has 2 rings (SSSR count). The first-order valence-electron chi connectivity index (χ1n) is 5.98. The van der Waals surface area contributed by atoms with E-state index in [2.05, 4.69) is 5.32 Å². The molecule has 0 unspecified atom stereocenters. The molecule has 0 saturated carbocycles. The Morgan fingerprint density at radius 1 is 1.18 bits per heavy atom. The highest BCUT2D eigenvalue weighted by molar-refractivity contribution is 7.18. The fourth-order valence-electron chi connectivity index (χ4n) is 1.67. The molecule has 1 N–H and O–H groups in total. The molecule has 116 valence electrons. The molecular weight excluding hydrogens is 369 g/mol. The molecule has 22 heavy (non-hydrogen) atoms. The van der Waals surface area contributed by atoms with Gasteiger partial charge in [-0.3, -0.25) is 4.79 Å². The quantitative estimate of drug-likeness (QED) is 0.631. The van der Waals surface area contributed by atoms with Crippen molar-refractivity contribution in [2.45, 2.75) is 3.79 Å². The summed E-state index contributed by atoms with van der Waals surface area (Å²) in [6.45, 7) is 0. The molecule has 0 bridgehead atoms. The fraction of sp³-hybridized carbons (Fsp3) is 0.143. The summed E-state index contributed by atoms with van der Waals surface area (Å²) in [7, 11) is 1.25. The van der Waals surface area contributed by atoms with Crippen molar-refractivity contribution in [2.24, 2.45) is 0 Å². The first kappa shape index (κ1) is 17.1. The first-order valence-corrected chi connectivity index (χ1v) is 7.93. The van der Waals surface area contributed by atoms with Crippen LogP contribution in [0, 0.1) is 0 Å². The first-order chi connectivity index (χ1) is 10.3. The lowest BCUT2D eigenvalue weighted by atomic mass is 10.2. The third-order valence-corrected chi connectivity index (χ3v) is 4.35. The van der Waals surface area contributed by atoms with Crippen LogP contribution < -0.4 is 5.32 Å². The van der Waals surface area contributed by atoms with Gasteiger partial charge in [0.15, 0.2) is 0 Å². The normalized spacial score (nSPS) is 11.1. The van der Waals surface area contributed by atoms with Crippen molar-refractivity contribution in [1.29, 1.82) is 0 Å². The van der Waals surface area contributed by atoms with E-state index >= 15 is 0 Å². The maximum Gasteiger partial charge on any atom is 0.350 e. The second-order valence-electron chi connectivity index (χ2n) is 4.16. The molecule has 1 amide bonds. The lowest BCUT2D eigenvalue weighted by molar-refractivity contribution is -0.115. The molecule has 1 aromatic heterocycles. The van der Waals surface area contributed by atoms with E-state index in [1.807, 2.05) is 30.3 Å². The number of ether oxygens (including phenoxy) is 1. The summed E-state index contributed by atoms with van der Waals surface area (Å²) < 4.78 is 2.59. The molecule has 1 heterocycles. The van der Waals surface area contributed by atoms with E-state index in [1.165, 1.54) is 18.4 Å². The standard InChI is InChI=1S/C14H10Cl3NO3S/c1-21-12(19)11-9(18-13(20)14(15,16)17)7-10(22-11)8-5-3-2-4-6-8/h2-7H,1H3,(H,18,20). The number of benzene rings is 1. The number of amides is 1. The number of thiophene rings is 1. The number of rotatable bonds is 3. The van der Waals surface area contributed by atoms with Gasteiger partial charge < -0.3 is 10.1 Å². The maximum atomic E-state index is 11.8. The van der Waals surface area contributed by atoms with Crippen LogP contribution in [0.25, 0.3) is 10.4 Å². The van der Waals surface area contributed by atoms with E-state index in [0.29, 0.717) is 0 Å². The minimum absolute atomic E-state index is 0.226. The van der Waals surface area contributed by atoms with Gasteiger partial charge in [-0.15, -0.1) is 11.3 Å². The third-order valence-electron chi connectivity index (χ3n) is 2.67. The van der Waals surface area contributed by atoms with Crippen molar-refractivity contribution in [2.75, 3.05) is 12.4 Å². The zero-order valence-corrected chi connectivity index (χ0v) is 14.3.